The summed E-state index contributed by atoms with van der Waals surface area (Å²) in [5.74, 6) is 2.21. The van der Waals surface area contributed by atoms with Crippen molar-refractivity contribution >= 4 is 50.4 Å². The van der Waals surface area contributed by atoms with Crippen LogP contribution in [0.3, 0.4) is 0 Å². The van der Waals surface area contributed by atoms with E-state index in [1.807, 2.05) is 0 Å². The van der Waals surface area contributed by atoms with Crippen molar-refractivity contribution in [2.75, 3.05) is 11.9 Å². The van der Waals surface area contributed by atoms with Crippen LogP contribution in [0.15, 0.2) is 192 Å². The molecular weight excluding hydrogens is 719 g/mol. The third-order valence-electron chi connectivity index (χ3n) is 12.6. The van der Waals surface area contributed by atoms with E-state index < -0.39 is 0 Å². The standard InChI is InChI=1S/C54H45N5/c1-35-31-36(2)51-47(32-35)46-34-41(40-25-29-49-45(33-40)44-21-13-14-22-48(44)58(49)42-19-11-6-12-20-42)26-30-50(46)59(51)43-27-23-37(24-28-43)52-55-53(38-15-7-4-8-16-38)57(3)54(56-52)39-17-9-5-10-18-39/h4-17,19-34,39,46,50,54H,18H2,1-3H3. The average Bonchev–Trinajstić information content (AvgIpc) is 3.80. The number of aromatic nitrogens is 1. The van der Waals surface area contributed by atoms with Crippen molar-refractivity contribution in [1.82, 2.24) is 9.47 Å². The number of para-hydroxylation sites is 2. The van der Waals surface area contributed by atoms with Crippen molar-refractivity contribution in [2.24, 2.45) is 15.9 Å². The minimum absolute atomic E-state index is 0.0488. The fourth-order valence-electron chi connectivity index (χ4n) is 9.93. The van der Waals surface area contributed by atoms with Crippen LogP contribution >= 0.6 is 0 Å². The molecule has 0 radical (unpaired) electrons. The van der Waals surface area contributed by atoms with Crippen LogP contribution in [-0.2, 0) is 0 Å². The molecule has 5 nitrogen and oxygen atoms in total. The van der Waals surface area contributed by atoms with Crippen LogP contribution in [0.1, 0.15) is 45.7 Å². The lowest BCUT2D eigenvalue weighted by Crippen LogP contribution is -2.44. The number of fused-ring (bicyclic) bond motifs is 6. The maximum atomic E-state index is 5.31. The van der Waals surface area contributed by atoms with Crippen LogP contribution < -0.4 is 4.90 Å². The number of anilines is 2. The molecule has 7 aromatic rings. The molecule has 0 bridgehead atoms. The summed E-state index contributed by atoms with van der Waals surface area (Å²) in [6, 6.07) is 50.8. The van der Waals surface area contributed by atoms with Gasteiger partial charge in [0.1, 0.15) is 12.0 Å². The second kappa shape index (κ2) is 14.1. The molecule has 4 atom stereocenters. The highest BCUT2D eigenvalue weighted by atomic mass is 15.3. The van der Waals surface area contributed by atoms with Crippen LogP contribution in [0.2, 0.25) is 0 Å². The molecule has 286 valence electrons. The Balaban J connectivity index is 0.956. The summed E-state index contributed by atoms with van der Waals surface area (Å²) in [6.07, 6.45) is 17.0. The normalized spacial score (nSPS) is 20.8. The summed E-state index contributed by atoms with van der Waals surface area (Å²) in [4.78, 5) is 15.3. The zero-order valence-electron chi connectivity index (χ0n) is 33.6. The van der Waals surface area contributed by atoms with Gasteiger partial charge in [-0.15, -0.1) is 0 Å². The molecule has 0 spiro atoms. The summed E-state index contributed by atoms with van der Waals surface area (Å²) >= 11 is 0. The molecule has 0 amide bonds. The zero-order valence-corrected chi connectivity index (χ0v) is 33.6. The Morgan fingerprint density at radius 3 is 2.19 bits per heavy atom. The first kappa shape index (κ1) is 35.2. The highest BCUT2D eigenvalue weighted by Gasteiger charge is 2.40. The summed E-state index contributed by atoms with van der Waals surface area (Å²) < 4.78 is 2.38. The van der Waals surface area contributed by atoms with Crippen LogP contribution in [0.4, 0.5) is 11.4 Å². The van der Waals surface area contributed by atoms with Gasteiger partial charge >= 0.3 is 0 Å². The Morgan fingerprint density at radius 1 is 0.644 bits per heavy atom. The lowest BCUT2D eigenvalue weighted by Gasteiger charge is -2.36. The lowest BCUT2D eigenvalue weighted by molar-refractivity contribution is 0.300. The fraction of sp³-hybridized carbons (Fsp3) is 0.148. The van der Waals surface area contributed by atoms with E-state index >= 15 is 0 Å². The summed E-state index contributed by atoms with van der Waals surface area (Å²) in [5.41, 5.74) is 14.7. The highest BCUT2D eigenvalue weighted by Crippen LogP contribution is 2.51. The molecule has 5 heteroatoms. The van der Waals surface area contributed by atoms with Gasteiger partial charge in [-0.1, -0.05) is 133 Å². The number of benzene rings is 6. The van der Waals surface area contributed by atoms with Gasteiger partial charge in [-0.3, -0.25) is 0 Å². The fourth-order valence-corrected chi connectivity index (χ4v) is 9.93. The zero-order chi connectivity index (χ0) is 39.6. The molecule has 1 aromatic heterocycles. The minimum atomic E-state index is -0.0488. The number of aryl methyl sites for hydroxylation is 2. The SMILES string of the molecule is Cc1cc(C)c2c(c1)C1C=C(c3ccc4c(c3)c3ccccc3n4-c3ccccc3)C=CC1N2c1ccc(C2=NC(C3C=CC=CC3)N(C)C(c3ccccc3)=N2)cc1. The first-order valence-electron chi connectivity index (χ1n) is 20.8. The molecule has 4 aliphatic rings. The molecule has 0 saturated heterocycles. The maximum Gasteiger partial charge on any atom is 0.159 e. The van der Waals surface area contributed by atoms with Gasteiger partial charge in [-0.2, -0.15) is 0 Å². The number of rotatable bonds is 6. The third kappa shape index (κ3) is 5.91. The molecule has 11 rings (SSSR count). The van der Waals surface area contributed by atoms with E-state index in [0.717, 1.165) is 29.2 Å². The molecule has 59 heavy (non-hydrogen) atoms. The van der Waals surface area contributed by atoms with Crippen molar-refractivity contribution < 1.29 is 0 Å². The summed E-state index contributed by atoms with van der Waals surface area (Å²) in [6.45, 7) is 4.48. The van der Waals surface area contributed by atoms with Crippen molar-refractivity contribution in [2.45, 2.75) is 38.4 Å². The van der Waals surface area contributed by atoms with Gasteiger partial charge in [-0.05, 0) is 97.1 Å². The van der Waals surface area contributed by atoms with Crippen molar-refractivity contribution in [3.63, 3.8) is 0 Å². The van der Waals surface area contributed by atoms with E-state index in [1.165, 1.54) is 66.7 Å². The van der Waals surface area contributed by atoms with Gasteiger partial charge < -0.3 is 14.4 Å². The lowest BCUT2D eigenvalue weighted by atomic mass is 9.85. The van der Waals surface area contributed by atoms with Crippen molar-refractivity contribution in [1.29, 1.82) is 0 Å². The van der Waals surface area contributed by atoms with Gasteiger partial charge in [0.15, 0.2) is 5.84 Å². The van der Waals surface area contributed by atoms with Gasteiger partial charge in [0.2, 0.25) is 0 Å². The van der Waals surface area contributed by atoms with Gasteiger partial charge in [-0.25, -0.2) is 9.98 Å². The number of amidine groups is 2. The Kier molecular flexibility index (Phi) is 8.44. The average molecular weight is 764 g/mol. The second-order valence-electron chi connectivity index (χ2n) is 16.3. The number of hydrogen-bond donors (Lipinski definition) is 0. The summed E-state index contributed by atoms with van der Waals surface area (Å²) in [5, 5.41) is 2.54. The molecule has 4 unspecified atom stereocenters. The molecule has 6 aromatic carbocycles. The number of aliphatic imine (C=N–C) groups is 2. The number of allylic oxidation sites excluding steroid dienone is 5. The Bertz CT molecular complexity index is 2960. The van der Waals surface area contributed by atoms with E-state index in [1.54, 1.807) is 0 Å². The van der Waals surface area contributed by atoms with Crippen LogP contribution in [0.5, 0.6) is 0 Å². The Hall–Kier alpha value is -6.98. The molecule has 0 N–H and O–H groups in total. The van der Waals surface area contributed by atoms with Crippen LogP contribution in [0.25, 0.3) is 33.1 Å². The van der Waals surface area contributed by atoms with Crippen molar-refractivity contribution in [3.05, 3.63) is 215 Å². The third-order valence-corrected chi connectivity index (χ3v) is 12.6. The largest absolute Gasteiger partial charge is 0.336 e. The predicted molar refractivity (Wildman–Crippen MR) is 246 cm³/mol. The minimum Gasteiger partial charge on any atom is -0.336 e. The topological polar surface area (TPSA) is 36.1 Å². The van der Waals surface area contributed by atoms with Gasteiger partial charge in [0, 0.05) is 57.8 Å². The van der Waals surface area contributed by atoms with E-state index in [2.05, 4.69) is 217 Å². The Morgan fingerprint density at radius 2 is 1.39 bits per heavy atom. The predicted octanol–water partition coefficient (Wildman–Crippen LogP) is 12.3. The van der Waals surface area contributed by atoms with E-state index in [0.29, 0.717) is 0 Å². The maximum absolute atomic E-state index is 5.31. The number of nitrogens with zero attached hydrogens (tertiary/aromatic N) is 5. The monoisotopic (exact) mass is 763 g/mol. The molecule has 2 aliphatic heterocycles. The second-order valence-corrected chi connectivity index (χ2v) is 16.3. The van der Waals surface area contributed by atoms with E-state index in [-0.39, 0.29) is 24.0 Å². The van der Waals surface area contributed by atoms with Crippen LogP contribution in [0, 0.1) is 19.8 Å². The van der Waals surface area contributed by atoms with E-state index in [9.17, 15) is 0 Å². The smallest absolute Gasteiger partial charge is 0.159 e. The summed E-state index contributed by atoms with van der Waals surface area (Å²) in [7, 11) is 2.12. The first-order valence-corrected chi connectivity index (χ1v) is 20.8. The molecule has 3 heterocycles. The molecule has 0 fully saturated rings. The highest BCUT2D eigenvalue weighted by molar-refractivity contribution is 6.13. The van der Waals surface area contributed by atoms with Gasteiger partial charge in [0.05, 0.1) is 17.1 Å². The number of hydrogen-bond acceptors (Lipinski definition) is 4. The van der Waals surface area contributed by atoms with Crippen LogP contribution in [-0.4, -0.2) is 40.4 Å². The quantitative estimate of drug-likeness (QED) is 0.169. The van der Waals surface area contributed by atoms with Gasteiger partial charge in [0.25, 0.3) is 0 Å². The molecule has 2 aliphatic carbocycles. The molecular formula is C54H45N5. The molecule has 0 saturated carbocycles. The first-order chi connectivity index (χ1) is 29.0. The van der Waals surface area contributed by atoms with Crippen molar-refractivity contribution in [3.8, 4) is 5.69 Å². The Labute approximate surface area is 346 Å². The van der Waals surface area contributed by atoms with E-state index in [4.69, 9.17) is 9.98 Å².